The van der Waals surface area contributed by atoms with E-state index in [2.05, 4.69) is 6.58 Å². The summed E-state index contributed by atoms with van der Waals surface area (Å²) in [4.78, 5) is 33.7. The number of hydrogen-bond donors (Lipinski definition) is 0. The van der Waals surface area contributed by atoms with Crippen LogP contribution in [0.1, 0.15) is 40.0 Å². The number of carbonyl (C=O) groups is 3. The Hall–Kier alpha value is -1.85. The lowest BCUT2D eigenvalue weighted by atomic mass is 10.1. The fourth-order valence-corrected chi connectivity index (χ4v) is 1.18. The van der Waals surface area contributed by atoms with Crippen molar-refractivity contribution in [3.8, 4) is 0 Å². The molecular formula is C15H24O6. The van der Waals surface area contributed by atoms with Crippen LogP contribution < -0.4 is 0 Å². The zero-order valence-electron chi connectivity index (χ0n) is 13.0. The van der Waals surface area contributed by atoms with E-state index in [1.807, 2.05) is 6.92 Å². The van der Waals surface area contributed by atoms with E-state index >= 15 is 0 Å². The highest BCUT2D eigenvalue weighted by atomic mass is 16.6. The van der Waals surface area contributed by atoms with Crippen LogP contribution in [0.4, 0.5) is 0 Å². The van der Waals surface area contributed by atoms with E-state index < -0.39 is 11.9 Å². The van der Waals surface area contributed by atoms with Crippen LogP contribution in [0.2, 0.25) is 0 Å². The van der Waals surface area contributed by atoms with Crippen molar-refractivity contribution < 1.29 is 28.6 Å². The molecule has 21 heavy (non-hydrogen) atoms. The molecule has 0 heterocycles. The summed E-state index contributed by atoms with van der Waals surface area (Å²) in [6, 6.07) is 0. The molecule has 6 nitrogen and oxygen atoms in total. The highest BCUT2D eigenvalue weighted by Gasteiger charge is 2.12. The average molecular weight is 300 g/mol. The van der Waals surface area contributed by atoms with Gasteiger partial charge in [-0.05, 0) is 19.8 Å². The second-order valence-electron chi connectivity index (χ2n) is 4.72. The first-order valence-corrected chi connectivity index (χ1v) is 7.03. The van der Waals surface area contributed by atoms with Gasteiger partial charge in [-0.25, -0.2) is 4.79 Å². The van der Waals surface area contributed by atoms with Crippen molar-refractivity contribution in [2.45, 2.75) is 40.0 Å². The van der Waals surface area contributed by atoms with Gasteiger partial charge in [-0.2, -0.15) is 0 Å². The van der Waals surface area contributed by atoms with E-state index in [4.69, 9.17) is 14.2 Å². The summed E-state index contributed by atoms with van der Waals surface area (Å²) in [6.07, 6.45) is 1.23. The van der Waals surface area contributed by atoms with E-state index in [1.165, 1.54) is 0 Å². The minimum atomic E-state index is -0.472. The molecule has 0 aliphatic heterocycles. The van der Waals surface area contributed by atoms with Gasteiger partial charge in [0, 0.05) is 12.0 Å². The Labute approximate surface area is 125 Å². The molecule has 0 rings (SSSR count). The van der Waals surface area contributed by atoms with Gasteiger partial charge in [0.2, 0.25) is 0 Å². The third-order valence-electron chi connectivity index (χ3n) is 2.71. The molecule has 120 valence electrons. The first-order chi connectivity index (χ1) is 9.88. The third-order valence-corrected chi connectivity index (χ3v) is 2.71. The van der Waals surface area contributed by atoms with Gasteiger partial charge < -0.3 is 14.2 Å². The number of carbonyl (C=O) groups excluding carboxylic acids is 3. The Bertz CT molecular complexity index is 374. The average Bonchev–Trinajstić information content (AvgIpc) is 2.46. The van der Waals surface area contributed by atoms with Crippen LogP contribution in [-0.4, -0.2) is 37.7 Å². The van der Waals surface area contributed by atoms with Crippen LogP contribution >= 0.6 is 0 Å². The smallest absolute Gasteiger partial charge is 0.333 e. The van der Waals surface area contributed by atoms with Gasteiger partial charge in [-0.1, -0.05) is 20.4 Å². The van der Waals surface area contributed by atoms with Gasteiger partial charge in [-0.15, -0.1) is 0 Å². The van der Waals surface area contributed by atoms with Crippen LogP contribution in [0.25, 0.3) is 0 Å². The first-order valence-electron chi connectivity index (χ1n) is 7.03. The van der Waals surface area contributed by atoms with Gasteiger partial charge in [-0.3, -0.25) is 9.59 Å². The summed E-state index contributed by atoms with van der Waals surface area (Å²) in [5, 5.41) is 0. The van der Waals surface area contributed by atoms with Crippen LogP contribution in [0, 0.1) is 5.92 Å². The molecule has 0 aliphatic rings. The molecule has 0 spiro atoms. The summed E-state index contributed by atoms with van der Waals surface area (Å²) in [6.45, 7) is 8.90. The predicted molar refractivity (Wildman–Crippen MR) is 76.4 cm³/mol. The molecule has 6 heteroatoms. The molecule has 0 bridgehead atoms. The molecule has 0 saturated carbocycles. The summed E-state index contributed by atoms with van der Waals surface area (Å²) in [5.74, 6) is -1.33. The van der Waals surface area contributed by atoms with Crippen LogP contribution in [0.15, 0.2) is 12.2 Å². The van der Waals surface area contributed by atoms with Crippen molar-refractivity contribution >= 4 is 17.9 Å². The molecule has 0 N–H and O–H groups in total. The molecule has 0 aliphatic carbocycles. The number of esters is 3. The molecule has 1 unspecified atom stereocenters. The Morgan fingerprint density at radius 2 is 1.67 bits per heavy atom. The Balaban J connectivity index is 3.57. The second kappa shape index (κ2) is 10.9. The lowest BCUT2D eigenvalue weighted by Gasteiger charge is -2.09. The van der Waals surface area contributed by atoms with E-state index in [9.17, 15) is 14.4 Å². The van der Waals surface area contributed by atoms with E-state index in [1.54, 1.807) is 13.8 Å². The quantitative estimate of drug-likeness (QED) is 0.266. The second-order valence-corrected chi connectivity index (χ2v) is 4.72. The molecule has 0 fully saturated rings. The van der Waals surface area contributed by atoms with Gasteiger partial charge in [0.05, 0.1) is 12.5 Å². The molecule has 1 atom stereocenters. The van der Waals surface area contributed by atoms with Gasteiger partial charge >= 0.3 is 17.9 Å². The maximum absolute atomic E-state index is 11.3. The van der Waals surface area contributed by atoms with Gasteiger partial charge in [0.1, 0.15) is 13.2 Å². The molecule has 0 aromatic heterocycles. The zero-order chi connectivity index (χ0) is 16.3. The standard InChI is InChI=1S/C15H24O6/c1-5-12(4)15(18)21-10-9-19-13(16)7-6-8-20-14(17)11(2)3/h12H,2,5-10H2,1,3-4H3. The molecule has 0 amide bonds. The highest BCUT2D eigenvalue weighted by molar-refractivity contribution is 5.86. The number of hydrogen-bond acceptors (Lipinski definition) is 6. The first kappa shape index (κ1) is 19.1. The topological polar surface area (TPSA) is 78.9 Å². The summed E-state index contributed by atoms with van der Waals surface area (Å²) in [7, 11) is 0. The molecule has 0 aromatic carbocycles. The molecule has 0 radical (unpaired) electrons. The maximum Gasteiger partial charge on any atom is 0.333 e. The largest absolute Gasteiger partial charge is 0.462 e. The molecular weight excluding hydrogens is 276 g/mol. The minimum Gasteiger partial charge on any atom is -0.462 e. The maximum atomic E-state index is 11.3. The normalized spacial score (nSPS) is 11.4. The Morgan fingerprint density at radius 3 is 2.24 bits per heavy atom. The van der Waals surface area contributed by atoms with Crippen molar-refractivity contribution in [2.75, 3.05) is 19.8 Å². The fourth-order valence-electron chi connectivity index (χ4n) is 1.18. The molecule has 0 aromatic rings. The van der Waals surface area contributed by atoms with Crippen LogP contribution in [0.5, 0.6) is 0 Å². The van der Waals surface area contributed by atoms with E-state index in [0.717, 1.165) is 0 Å². The number of rotatable bonds is 10. The minimum absolute atomic E-state index is 0.0343. The van der Waals surface area contributed by atoms with Gasteiger partial charge in [0.15, 0.2) is 0 Å². The third kappa shape index (κ3) is 9.65. The van der Waals surface area contributed by atoms with Gasteiger partial charge in [0.25, 0.3) is 0 Å². The lowest BCUT2D eigenvalue weighted by molar-refractivity contribution is -0.155. The van der Waals surface area contributed by atoms with Crippen LogP contribution in [0.3, 0.4) is 0 Å². The zero-order valence-corrected chi connectivity index (χ0v) is 13.0. The lowest BCUT2D eigenvalue weighted by Crippen LogP contribution is -2.18. The van der Waals surface area contributed by atoms with E-state index in [-0.39, 0.29) is 38.1 Å². The summed E-state index contributed by atoms with van der Waals surface area (Å²) >= 11 is 0. The van der Waals surface area contributed by atoms with Crippen molar-refractivity contribution in [3.05, 3.63) is 12.2 Å². The number of ether oxygens (including phenoxy) is 3. The summed E-state index contributed by atoms with van der Waals surface area (Å²) < 4.78 is 14.7. The predicted octanol–water partition coefficient (Wildman–Crippen LogP) is 2.02. The summed E-state index contributed by atoms with van der Waals surface area (Å²) in [5.41, 5.74) is 0.320. The van der Waals surface area contributed by atoms with E-state index in [0.29, 0.717) is 18.4 Å². The monoisotopic (exact) mass is 300 g/mol. The SMILES string of the molecule is C=C(C)C(=O)OCCCC(=O)OCCOC(=O)C(C)CC. The van der Waals surface area contributed by atoms with Crippen molar-refractivity contribution in [3.63, 3.8) is 0 Å². The Kier molecular flexibility index (Phi) is 9.92. The van der Waals surface area contributed by atoms with Crippen LogP contribution in [-0.2, 0) is 28.6 Å². The Morgan fingerprint density at radius 1 is 1.05 bits per heavy atom. The van der Waals surface area contributed by atoms with Crippen molar-refractivity contribution in [2.24, 2.45) is 5.92 Å². The van der Waals surface area contributed by atoms with Crippen molar-refractivity contribution in [1.82, 2.24) is 0 Å². The fraction of sp³-hybridized carbons (Fsp3) is 0.667. The molecule has 0 saturated heterocycles. The van der Waals surface area contributed by atoms with Crippen molar-refractivity contribution in [1.29, 1.82) is 0 Å². The highest BCUT2D eigenvalue weighted by Crippen LogP contribution is 2.03.